The molecule has 2 aliphatic heterocycles. The maximum absolute atomic E-state index is 13.7. The number of sulfonamides is 1. The van der Waals surface area contributed by atoms with Gasteiger partial charge in [-0.3, -0.25) is 19.5 Å². The van der Waals surface area contributed by atoms with Gasteiger partial charge in [-0.25, -0.2) is 17.1 Å². The van der Waals surface area contributed by atoms with Gasteiger partial charge in [-0.2, -0.15) is 0 Å². The molecule has 0 radical (unpaired) electrons. The highest BCUT2D eigenvalue weighted by Crippen LogP contribution is 2.25. The van der Waals surface area contributed by atoms with E-state index < -0.39 is 33.7 Å². The van der Waals surface area contributed by atoms with Crippen LogP contribution in [0.2, 0.25) is 0 Å². The van der Waals surface area contributed by atoms with E-state index in [2.05, 4.69) is 10.3 Å². The molecular formula is C16H21FN4O5S. The summed E-state index contributed by atoms with van der Waals surface area (Å²) in [5, 5.41) is 2.72. The Morgan fingerprint density at radius 1 is 1.48 bits per heavy atom. The second kappa shape index (κ2) is 7.87. The zero-order valence-corrected chi connectivity index (χ0v) is 15.6. The third-order valence-electron chi connectivity index (χ3n) is 4.76. The van der Waals surface area contributed by atoms with Gasteiger partial charge >= 0.3 is 0 Å². The van der Waals surface area contributed by atoms with Gasteiger partial charge in [0.1, 0.15) is 0 Å². The fraction of sp³-hybridized carbons (Fsp3) is 0.562. The summed E-state index contributed by atoms with van der Waals surface area (Å²) in [5.74, 6) is -2.01. The lowest BCUT2D eigenvalue weighted by atomic mass is 10.1. The van der Waals surface area contributed by atoms with E-state index in [1.54, 1.807) is 4.90 Å². The smallest absolute Gasteiger partial charge is 0.254 e. The first kappa shape index (κ1) is 19.6. The molecule has 1 aromatic rings. The van der Waals surface area contributed by atoms with Gasteiger partial charge in [-0.05, 0) is 12.5 Å². The molecule has 0 aliphatic carbocycles. The molecule has 2 amide bonds. The number of aromatic nitrogens is 1. The lowest BCUT2D eigenvalue weighted by Crippen LogP contribution is -2.45. The van der Waals surface area contributed by atoms with Crippen molar-refractivity contribution in [3.05, 3.63) is 29.8 Å². The number of halogens is 1. The van der Waals surface area contributed by atoms with Crippen LogP contribution in [0.15, 0.2) is 18.5 Å². The monoisotopic (exact) mass is 400 g/mol. The lowest BCUT2D eigenvalue weighted by Gasteiger charge is -2.23. The second-order valence-corrected chi connectivity index (χ2v) is 8.50. The molecule has 0 saturated carbocycles. The number of carbonyl (C=O) groups is 2. The van der Waals surface area contributed by atoms with Gasteiger partial charge in [0.05, 0.1) is 36.7 Å². The van der Waals surface area contributed by atoms with E-state index in [0.29, 0.717) is 6.54 Å². The number of ether oxygens (including phenoxy) is 1. The summed E-state index contributed by atoms with van der Waals surface area (Å²) in [5.41, 5.74) is -0.122. The first-order chi connectivity index (χ1) is 12.8. The van der Waals surface area contributed by atoms with Crippen LogP contribution in [0.1, 0.15) is 16.8 Å². The Balaban J connectivity index is 1.71. The SMILES string of the molecule is COCCN1C(=O)[C@@H]2C[C@H](NC(=O)c3ccncc3F)CN2CCS1(=O)=O. The number of rotatable bonds is 5. The summed E-state index contributed by atoms with van der Waals surface area (Å²) in [7, 11) is -2.26. The standard InChI is InChI=1S/C16H21FN4O5S/c1-26-6-4-21-16(23)14-8-11(10-20(14)5-7-27(21,24)25)19-15(22)12-2-3-18-9-13(12)17/h2-3,9,11,14H,4-8,10H2,1H3,(H,19,22)/t11-,14-/m0/s1. The molecule has 2 aliphatic rings. The van der Waals surface area contributed by atoms with Crippen molar-refractivity contribution in [3.8, 4) is 0 Å². The fourth-order valence-electron chi connectivity index (χ4n) is 3.40. The average molecular weight is 400 g/mol. The minimum absolute atomic E-state index is 0.0404. The zero-order chi connectivity index (χ0) is 19.6. The predicted molar refractivity (Wildman–Crippen MR) is 92.8 cm³/mol. The summed E-state index contributed by atoms with van der Waals surface area (Å²) in [6.07, 6.45) is 2.54. The number of pyridine rings is 1. The molecule has 2 fully saturated rings. The summed E-state index contributed by atoms with van der Waals surface area (Å²) in [4.78, 5) is 30.4. The van der Waals surface area contributed by atoms with Gasteiger partial charge in [-0.15, -0.1) is 0 Å². The van der Waals surface area contributed by atoms with Crippen LogP contribution in [0.4, 0.5) is 4.39 Å². The van der Waals surface area contributed by atoms with Crippen LogP contribution in [0.25, 0.3) is 0 Å². The highest BCUT2D eigenvalue weighted by atomic mass is 32.2. The number of nitrogens with one attached hydrogen (secondary N) is 1. The van der Waals surface area contributed by atoms with Crippen molar-refractivity contribution in [3.63, 3.8) is 0 Å². The molecule has 1 N–H and O–H groups in total. The number of carbonyl (C=O) groups excluding carboxylic acids is 2. The molecule has 3 heterocycles. The molecule has 0 spiro atoms. The Bertz CT molecular complexity index is 834. The topological polar surface area (TPSA) is 109 Å². The Hall–Kier alpha value is -2.11. The number of hydrogen-bond donors (Lipinski definition) is 1. The highest BCUT2D eigenvalue weighted by Gasteiger charge is 2.45. The van der Waals surface area contributed by atoms with Gasteiger partial charge in [0.15, 0.2) is 5.82 Å². The molecule has 27 heavy (non-hydrogen) atoms. The predicted octanol–water partition coefficient (Wildman–Crippen LogP) is -0.788. The first-order valence-electron chi connectivity index (χ1n) is 8.51. The first-order valence-corrected chi connectivity index (χ1v) is 10.1. The highest BCUT2D eigenvalue weighted by molar-refractivity contribution is 7.89. The van der Waals surface area contributed by atoms with E-state index in [1.807, 2.05) is 0 Å². The molecule has 11 heteroatoms. The molecule has 0 bridgehead atoms. The van der Waals surface area contributed by atoms with Crippen molar-refractivity contribution in [2.75, 3.05) is 39.1 Å². The number of hydrogen-bond acceptors (Lipinski definition) is 7. The fourth-order valence-corrected chi connectivity index (χ4v) is 4.84. The van der Waals surface area contributed by atoms with E-state index in [-0.39, 0.29) is 43.5 Å². The van der Waals surface area contributed by atoms with Crippen molar-refractivity contribution in [2.24, 2.45) is 0 Å². The van der Waals surface area contributed by atoms with Gasteiger partial charge in [0.2, 0.25) is 10.0 Å². The minimum Gasteiger partial charge on any atom is -0.383 e. The van der Waals surface area contributed by atoms with E-state index in [9.17, 15) is 22.4 Å². The molecule has 9 nitrogen and oxygen atoms in total. The van der Waals surface area contributed by atoms with E-state index in [0.717, 1.165) is 10.5 Å². The lowest BCUT2D eigenvalue weighted by molar-refractivity contribution is -0.131. The molecule has 0 aromatic carbocycles. The Labute approximate surface area is 156 Å². The molecule has 2 saturated heterocycles. The van der Waals surface area contributed by atoms with Crippen LogP contribution >= 0.6 is 0 Å². The second-order valence-electron chi connectivity index (χ2n) is 6.49. The van der Waals surface area contributed by atoms with Crippen LogP contribution in [0.3, 0.4) is 0 Å². The maximum Gasteiger partial charge on any atom is 0.254 e. The average Bonchev–Trinajstić information content (AvgIpc) is 2.99. The minimum atomic E-state index is -3.69. The zero-order valence-electron chi connectivity index (χ0n) is 14.8. The Kier molecular flexibility index (Phi) is 5.72. The summed E-state index contributed by atoms with van der Waals surface area (Å²) in [6.45, 7) is 0.584. The van der Waals surface area contributed by atoms with Crippen LogP contribution in [-0.4, -0.2) is 85.6 Å². The van der Waals surface area contributed by atoms with Crippen LogP contribution in [-0.2, 0) is 19.6 Å². The number of nitrogens with zero attached hydrogens (tertiary/aromatic N) is 3. The number of methoxy groups -OCH3 is 1. The molecule has 3 rings (SSSR count). The third-order valence-corrected chi connectivity index (χ3v) is 6.49. The number of amides is 2. The van der Waals surface area contributed by atoms with Gasteiger partial charge < -0.3 is 10.1 Å². The quantitative estimate of drug-likeness (QED) is 0.690. The molecule has 148 valence electrons. The van der Waals surface area contributed by atoms with Crippen LogP contribution in [0.5, 0.6) is 0 Å². The molecular weight excluding hydrogens is 379 g/mol. The van der Waals surface area contributed by atoms with E-state index in [1.165, 1.54) is 19.4 Å². The maximum atomic E-state index is 13.7. The van der Waals surface area contributed by atoms with E-state index in [4.69, 9.17) is 4.74 Å². The summed E-state index contributed by atoms with van der Waals surface area (Å²) in [6, 6.07) is 0.248. The molecule has 1 aromatic heterocycles. The van der Waals surface area contributed by atoms with Crippen molar-refractivity contribution in [1.82, 2.24) is 19.5 Å². The van der Waals surface area contributed by atoms with Crippen molar-refractivity contribution >= 4 is 21.8 Å². The summed E-state index contributed by atoms with van der Waals surface area (Å²) < 4.78 is 44.2. The Morgan fingerprint density at radius 3 is 2.96 bits per heavy atom. The normalized spacial score (nSPS) is 25.1. The van der Waals surface area contributed by atoms with Crippen molar-refractivity contribution in [2.45, 2.75) is 18.5 Å². The summed E-state index contributed by atoms with van der Waals surface area (Å²) >= 11 is 0. The Morgan fingerprint density at radius 2 is 2.26 bits per heavy atom. The molecule has 0 unspecified atom stereocenters. The molecule has 2 atom stereocenters. The van der Waals surface area contributed by atoms with Crippen LogP contribution < -0.4 is 5.32 Å². The van der Waals surface area contributed by atoms with Crippen molar-refractivity contribution < 1.29 is 27.1 Å². The van der Waals surface area contributed by atoms with Gasteiger partial charge in [0, 0.05) is 32.4 Å². The van der Waals surface area contributed by atoms with Gasteiger partial charge in [0.25, 0.3) is 11.8 Å². The number of fused-ring (bicyclic) bond motifs is 1. The van der Waals surface area contributed by atoms with Crippen molar-refractivity contribution in [1.29, 1.82) is 0 Å². The van der Waals surface area contributed by atoms with Crippen LogP contribution in [0, 0.1) is 5.82 Å². The largest absolute Gasteiger partial charge is 0.383 e. The third kappa shape index (κ3) is 4.09. The van der Waals surface area contributed by atoms with E-state index >= 15 is 0 Å². The van der Waals surface area contributed by atoms with Gasteiger partial charge in [-0.1, -0.05) is 0 Å².